The van der Waals surface area contributed by atoms with Crippen LogP contribution in [0.25, 0.3) is 0 Å². The second-order valence-electron chi connectivity index (χ2n) is 3.73. The van der Waals surface area contributed by atoms with E-state index in [0.717, 1.165) is 18.5 Å². The van der Waals surface area contributed by atoms with Crippen molar-refractivity contribution in [2.45, 2.75) is 25.5 Å². The van der Waals surface area contributed by atoms with Gasteiger partial charge in [0.2, 0.25) is 0 Å². The first-order valence-corrected chi connectivity index (χ1v) is 7.23. The molecular weight excluding hydrogens is 226 g/mol. The van der Waals surface area contributed by atoms with E-state index < -0.39 is 9.84 Å². The maximum absolute atomic E-state index is 11.2. The molecule has 1 heterocycles. The summed E-state index contributed by atoms with van der Waals surface area (Å²) in [4.78, 5) is 8.34. The first kappa shape index (κ1) is 12.9. The minimum absolute atomic E-state index is 0.112. The zero-order valence-electron chi connectivity index (χ0n) is 9.82. The fraction of sp³-hybridized carbons (Fsp3) is 0.600. The molecule has 90 valence electrons. The topological polar surface area (TPSA) is 72.0 Å². The number of nitrogens with one attached hydrogen (secondary N) is 1. The SMILES string of the molecule is CCCc1cc(NC)nc(CS(C)(=O)=O)n1. The van der Waals surface area contributed by atoms with Gasteiger partial charge < -0.3 is 5.32 Å². The Balaban J connectivity index is 3.04. The highest BCUT2D eigenvalue weighted by Crippen LogP contribution is 2.10. The Morgan fingerprint density at radius 2 is 2.06 bits per heavy atom. The van der Waals surface area contributed by atoms with Crippen LogP contribution in [0.15, 0.2) is 6.07 Å². The van der Waals surface area contributed by atoms with Crippen molar-refractivity contribution in [1.82, 2.24) is 9.97 Å². The number of aryl methyl sites for hydroxylation is 1. The van der Waals surface area contributed by atoms with Crippen molar-refractivity contribution >= 4 is 15.7 Å². The van der Waals surface area contributed by atoms with E-state index in [1.54, 1.807) is 7.05 Å². The number of sulfone groups is 1. The smallest absolute Gasteiger partial charge is 0.154 e. The summed E-state index contributed by atoms with van der Waals surface area (Å²) in [5.74, 6) is 0.911. The van der Waals surface area contributed by atoms with Gasteiger partial charge in [0, 0.05) is 25.1 Å². The van der Waals surface area contributed by atoms with Gasteiger partial charge in [0.25, 0.3) is 0 Å². The summed E-state index contributed by atoms with van der Waals surface area (Å²) >= 11 is 0. The van der Waals surface area contributed by atoms with Crippen molar-refractivity contribution in [3.63, 3.8) is 0 Å². The van der Waals surface area contributed by atoms with E-state index in [1.807, 2.05) is 6.07 Å². The quantitative estimate of drug-likeness (QED) is 0.835. The highest BCUT2D eigenvalue weighted by atomic mass is 32.2. The third kappa shape index (κ3) is 4.14. The molecule has 0 amide bonds. The standard InChI is InChI=1S/C10H17N3O2S/c1-4-5-8-6-9(11-2)13-10(12-8)7-16(3,14)15/h6H,4-5,7H2,1-3H3,(H,11,12,13). The van der Waals surface area contributed by atoms with Gasteiger partial charge in [0.05, 0.1) is 0 Å². The van der Waals surface area contributed by atoms with Crippen molar-refractivity contribution in [3.8, 4) is 0 Å². The van der Waals surface area contributed by atoms with Crippen molar-refractivity contribution < 1.29 is 8.42 Å². The summed E-state index contributed by atoms with van der Waals surface area (Å²) < 4.78 is 22.3. The zero-order chi connectivity index (χ0) is 12.2. The molecule has 1 aromatic heterocycles. The largest absolute Gasteiger partial charge is 0.373 e. The Hall–Kier alpha value is -1.17. The Labute approximate surface area is 96.2 Å². The predicted octanol–water partition coefficient (Wildman–Crippen LogP) is 1.02. The molecule has 0 unspecified atom stereocenters. The number of hydrogen-bond acceptors (Lipinski definition) is 5. The van der Waals surface area contributed by atoms with Crippen molar-refractivity contribution in [2.24, 2.45) is 0 Å². The number of anilines is 1. The molecule has 0 radical (unpaired) electrons. The Morgan fingerprint density at radius 1 is 1.38 bits per heavy atom. The van der Waals surface area contributed by atoms with Gasteiger partial charge in [-0.15, -0.1) is 0 Å². The molecule has 0 aliphatic carbocycles. The third-order valence-corrected chi connectivity index (χ3v) is 2.76. The van der Waals surface area contributed by atoms with Gasteiger partial charge in [-0.05, 0) is 6.42 Å². The fourth-order valence-corrected chi connectivity index (χ4v) is 1.96. The summed E-state index contributed by atoms with van der Waals surface area (Å²) in [6.07, 6.45) is 2.98. The van der Waals surface area contributed by atoms with E-state index in [1.165, 1.54) is 6.26 Å². The van der Waals surface area contributed by atoms with Gasteiger partial charge in [-0.3, -0.25) is 0 Å². The molecule has 0 aromatic carbocycles. The van der Waals surface area contributed by atoms with Crippen LogP contribution >= 0.6 is 0 Å². The number of nitrogens with zero attached hydrogens (tertiary/aromatic N) is 2. The number of aromatic nitrogens is 2. The minimum Gasteiger partial charge on any atom is -0.373 e. The van der Waals surface area contributed by atoms with Crippen LogP contribution in [0.3, 0.4) is 0 Å². The van der Waals surface area contributed by atoms with E-state index in [4.69, 9.17) is 0 Å². The molecule has 6 heteroatoms. The van der Waals surface area contributed by atoms with Gasteiger partial charge in [0.1, 0.15) is 17.4 Å². The van der Waals surface area contributed by atoms with E-state index >= 15 is 0 Å². The average molecular weight is 243 g/mol. The van der Waals surface area contributed by atoms with Crippen LogP contribution in [0.4, 0.5) is 5.82 Å². The molecule has 0 saturated heterocycles. The minimum atomic E-state index is -3.09. The molecule has 16 heavy (non-hydrogen) atoms. The van der Waals surface area contributed by atoms with Crippen molar-refractivity contribution in [2.75, 3.05) is 18.6 Å². The summed E-state index contributed by atoms with van der Waals surface area (Å²) in [5, 5.41) is 2.91. The molecule has 0 fully saturated rings. The average Bonchev–Trinajstić information content (AvgIpc) is 2.15. The highest BCUT2D eigenvalue weighted by Gasteiger charge is 2.09. The molecule has 0 atom stereocenters. The predicted molar refractivity (Wildman–Crippen MR) is 64.1 cm³/mol. The molecule has 0 saturated carbocycles. The molecule has 0 aliphatic heterocycles. The molecule has 1 rings (SSSR count). The van der Waals surface area contributed by atoms with Crippen LogP contribution in [0.2, 0.25) is 0 Å². The molecule has 1 aromatic rings. The lowest BCUT2D eigenvalue weighted by Gasteiger charge is -2.06. The van der Waals surface area contributed by atoms with Gasteiger partial charge in [-0.2, -0.15) is 0 Å². The lowest BCUT2D eigenvalue weighted by atomic mass is 10.2. The van der Waals surface area contributed by atoms with Crippen molar-refractivity contribution in [1.29, 1.82) is 0 Å². The van der Waals surface area contributed by atoms with Crippen LogP contribution in [-0.2, 0) is 22.0 Å². The highest BCUT2D eigenvalue weighted by molar-refractivity contribution is 7.89. The van der Waals surface area contributed by atoms with Crippen LogP contribution in [0, 0.1) is 0 Å². The Bertz CT molecular complexity index is 457. The van der Waals surface area contributed by atoms with Crippen LogP contribution < -0.4 is 5.32 Å². The monoisotopic (exact) mass is 243 g/mol. The summed E-state index contributed by atoms with van der Waals surface area (Å²) in [5.41, 5.74) is 0.875. The third-order valence-electron chi connectivity index (χ3n) is 1.98. The van der Waals surface area contributed by atoms with Gasteiger partial charge in [0.15, 0.2) is 9.84 Å². The number of hydrogen-bond donors (Lipinski definition) is 1. The van der Waals surface area contributed by atoms with E-state index in [0.29, 0.717) is 11.6 Å². The van der Waals surface area contributed by atoms with Gasteiger partial charge >= 0.3 is 0 Å². The molecular formula is C10H17N3O2S. The number of rotatable bonds is 5. The van der Waals surface area contributed by atoms with E-state index in [9.17, 15) is 8.42 Å². The fourth-order valence-electron chi connectivity index (χ4n) is 1.36. The van der Waals surface area contributed by atoms with Crippen LogP contribution in [0.5, 0.6) is 0 Å². The first-order valence-electron chi connectivity index (χ1n) is 5.17. The lowest BCUT2D eigenvalue weighted by Crippen LogP contribution is -2.08. The molecule has 5 nitrogen and oxygen atoms in total. The van der Waals surface area contributed by atoms with Crippen LogP contribution in [0.1, 0.15) is 24.9 Å². The Kier molecular flexibility index (Phi) is 4.23. The van der Waals surface area contributed by atoms with E-state index in [-0.39, 0.29) is 5.75 Å². The lowest BCUT2D eigenvalue weighted by molar-refractivity contribution is 0.599. The first-order chi connectivity index (χ1) is 7.44. The van der Waals surface area contributed by atoms with Gasteiger partial charge in [-0.25, -0.2) is 18.4 Å². The van der Waals surface area contributed by atoms with Crippen LogP contribution in [-0.4, -0.2) is 31.7 Å². The molecule has 1 N–H and O–H groups in total. The summed E-state index contributed by atoms with van der Waals surface area (Å²) in [6, 6.07) is 1.84. The summed E-state index contributed by atoms with van der Waals surface area (Å²) in [6.45, 7) is 2.05. The molecule has 0 bridgehead atoms. The van der Waals surface area contributed by atoms with Gasteiger partial charge in [-0.1, -0.05) is 13.3 Å². The maximum atomic E-state index is 11.2. The zero-order valence-corrected chi connectivity index (χ0v) is 10.6. The summed E-state index contributed by atoms with van der Waals surface area (Å²) in [7, 11) is -1.33. The normalized spacial score (nSPS) is 11.4. The Morgan fingerprint density at radius 3 is 2.56 bits per heavy atom. The maximum Gasteiger partial charge on any atom is 0.154 e. The van der Waals surface area contributed by atoms with Crippen molar-refractivity contribution in [3.05, 3.63) is 17.6 Å². The second kappa shape index (κ2) is 5.25. The molecule has 0 aliphatic rings. The van der Waals surface area contributed by atoms with E-state index in [2.05, 4.69) is 22.2 Å². The molecule has 0 spiro atoms. The second-order valence-corrected chi connectivity index (χ2v) is 5.87.